The van der Waals surface area contributed by atoms with Crippen molar-refractivity contribution < 1.29 is 14.3 Å². The summed E-state index contributed by atoms with van der Waals surface area (Å²) in [6, 6.07) is 12.4. The highest BCUT2D eigenvalue weighted by molar-refractivity contribution is 6.06. The minimum Gasteiger partial charge on any atom is -0.480 e. The number of hydrogen-bond donors (Lipinski definition) is 3. The third-order valence-corrected chi connectivity index (χ3v) is 6.10. The van der Waals surface area contributed by atoms with Gasteiger partial charge in [0.1, 0.15) is 28.8 Å². The lowest BCUT2D eigenvalue weighted by Gasteiger charge is -2.22. The molecule has 34 heavy (non-hydrogen) atoms. The summed E-state index contributed by atoms with van der Waals surface area (Å²) in [6.45, 7) is 2.22. The molecule has 0 bridgehead atoms. The average Bonchev–Trinajstić information content (AvgIpc) is 3.56. The van der Waals surface area contributed by atoms with Crippen molar-refractivity contribution in [3.63, 3.8) is 0 Å². The SMILES string of the molecule is Cc1nc(N2C[C@@H](Nc3[nH]ncc3-c3ccccn3)C[C@H]2C(=O)O)c2oc3ccccc3c2n1. The molecule has 4 aromatic heterocycles. The van der Waals surface area contributed by atoms with Crippen LogP contribution in [0.25, 0.3) is 33.3 Å². The Balaban J connectivity index is 1.37. The van der Waals surface area contributed by atoms with Crippen LogP contribution in [0.5, 0.6) is 0 Å². The van der Waals surface area contributed by atoms with Crippen molar-refractivity contribution in [2.24, 2.45) is 0 Å². The van der Waals surface area contributed by atoms with Crippen LogP contribution in [-0.2, 0) is 4.79 Å². The number of aryl methyl sites for hydroxylation is 1. The zero-order valence-electron chi connectivity index (χ0n) is 18.3. The first-order valence-corrected chi connectivity index (χ1v) is 10.9. The molecule has 5 aromatic rings. The van der Waals surface area contributed by atoms with E-state index >= 15 is 0 Å². The van der Waals surface area contributed by atoms with E-state index in [4.69, 9.17) is 4.42 Å². The summed E-state index contributed by atoms with van der Waals surface area (Å²) in [6.07, 6.45) is 3.80. The van der Waals surface area contributed by atoms with Crippen LogP contribution in [0.15, 0.2) is 59.3 Å². The number of aliphatic carboxylic acids is 1. The van der Waals surface area contributed by atoms with Crippen LogP contribution in [0.4, 0.5) is 11.6 Å². The fraction of sp³-hybridized carbons (Fsp3) is 0.208. The molecule has 0 amide bonds. The molecule has 6 rings (SSSR count). The second-order valence-electron chi connectivity index (χ2n) is 8.33. The summed E-state index contributed by atoms with van der Waals surface area (Å²) in [5, 5.41) is 21.5. The van der Waals surface area contributed by atoms with Crippen molar-refractivity contribution in [2.45, 2.75) is 25.4 Å². The summed E-state index contributed by atoms with van der Waals surface area (Å²) < 4.78 is 6.09. The fourth-order valence-electron chi connectivity index (χ4n) is 4.61. The molecule has 1 aromatic carbocycles. The second kappa shape index (κ2) is 7.84. The molecule has 10 heteroatoms. The van der Waals surface area contributed by atoms with E-state index in [0.29, 0.717) is 47.1 Å². The van der Waals surface area contributed by atoms with Gasteiger partial charge in [-0.15, -0.1) is 0 Å². The van der Waals surface area contributed by atoms with E-state index in [-0.39, 0.29) is 6.04 Å². The van der Waals surface area contributed by atoms with Crippen molar-refractivity contribution in [3.8, 4) is 11.3 Å². The van der Waals surface area contributed by atoms with E-state index in [1.165, 1.54) is 0 Å². The van der Waals surface area contributed by atoms with Gasteiger partial charge in [-0.1, -0.05) is 18.2 Å². The van der Waals surface area contributed by atoms with Gasteiger partial charge >= 0.3 is 5.97 Å². The molecule has 0 spiro atoms. The number of nitrogens with zero attached hydrogens (tertiary/aromatic N) is 5. The smallest absolute Gasteiger partial charge is 0.326 e. The molecule has 1 aliphatic heterocycles. The number of para-hydroxylation sites is 1. The molecule has 0 saturated carbocycles. The molecule has 170 valence electrons. The number of anilines is 2. The molecule has 1 saturated heterocycles. The number of carbonyl (C=O) groups is 1. The van der Waals surface area contributed by atoms with Crippen molar-refractivity contribution in [1.29, 1.82) is 0 Å². The van der Waals surface area contributed by atoms with E-state index in [2.05, 4.69) is 30.5 Å². The number of H-pyrrole nitrogens is 1. The Morgan fingerprint density at radius 3 is 2.88 bits per heavy atom. The molecular weight excluding hydrogens is 434 g/mol. The standard InChI is InChI=1S/C24H21N7O3/c1-13-27-20-15-6-2-3-8-19(15)34-21(20)23(28-13)31-12-14(10-18(31)24(32)33)29-22-16(11-26-30-22)17-7-4-5-9-25-17/h2-9,11,14,18H,10,12H2,1H3,(H,32,33)(H2,26,29,30)/t14-,18-/m0/s1. The maximum absolute atomic E-state index is 12.2. The van der Waals surface area contributed by atoms with Crippen LogP contribution < -0.4 is 10.2 Å². The average molecular weight is 455 g/mol. The van der Waals surface area contributed by atoms with Gasteiger partial charge in [0.05, 0.1) is 17.5 Å². The number of carboxylic acids is 1. The molecule has 1 fully saturated rings. The number of hydrogen-bond acceptors (Lipinski definition) is 8. The van der Waals surface area contributed by atoms with Crippen LogP contribution in [0.2, 0.25) is 0 Å². The predicted molar refractivity (Wildman–Crippen MR) is 127 cm³/mol. The molecule has 10 nitrogen and oxygen atoms in total. The zero-order valence-corrected chi connectivity index (χ0v) is 18.3. The summed E-state index contributed by atoms with van der Waals surface area (Å²) in [5.74, 6) is 0.826. The van der Waals surface area contributed by atoms with Crippen LogP contribution in [0.1, 0.15) is 12.2 Å². The number of furan rings is 1. The monoisotopic (exact) mass is 455 g/mol. The highest BCUT2D eigenvalue weighted by Gasteiger charge is 2.40. The topological polar surface area (TPSA) is 133 Å². The van der Waals surface area contributed by atoms with Gasteiger partial charge in [-0.25, -0.2) is 14.8 Å². The maximum atomic E-state index is 12.2. The van der Waals surface area contributed by atoms with E-state index in [1.54, 1.807) is 24.2 Å². The lowest BCUT2D eigenvalue weighted by molar-refractivity contribution is -0.138. The number of nitrogens with one attached hydrogen (secondary N) is 2. The second-order valence-corrected chi connectivity index (χ2v) is 8.33. The Hall–Kier alpha value is -4.47. The minimum atomic E-state index is -0.917. The van der Waals surface area contributed by atoms with E-state index in [1.807, 2.05) is 42.5 Å². The Labute approximate surface area is 193 Å². The van der Waals surface area contributed by atoms with Crippen molar-refractivity contribution in [3.05, 3.63) is 60.7 Å². The van der Waals surface area contributed by atoms with Crippen LogP contribution in [0, 0.1) is 6.92 Å². The van der Waals surface area contributed by atoms with Gasteiger partial charge in [0, 0.05) is 30.6 Å². The molecule has 0 unspecified atom stereocenters. The van der Waals surface area contributed by atoms with Crippen LogP contribution >= 0.6 is 0 Å². The number of rotatable bonds is 5. The van der Waals surface area contributed by atoms with Gasteiger partial charge in [-0.3, -0.25) is 10.1 Å². The number of carboxylic acid groups (broad SMARTS) is 1. The Morgan fingerprint density at radius 2 is 2.06 bits per heavy atom. The number of pyridine rings is 1. The molecule has 2 atom stereocenters. The van der Waals surface area contributed by atoms with Crippen LogP contribution in [-0.4, -0.2) is 54.9 Å². The molecule has 1 aliphatic rings. The summed E-state index contributed by atoms with van der Waals surface area (Å²) in [7, 11) is 0. The lowest BCUT2D eigenvalue weighted by Crippen LogP contribution is -2.37. The Kier molecular flexibility index (Phi) is 4.65. The lowest BCUT2D eigenvalue weighted by atomic mass is 10.1. The van der Waals surface area contributed by atoms with Gasteiger partial charge in [-0.2, -0.15) is 5.10 Å². The largest absolute Gasteiger partial charge is 0.480 e. The fourth-order valence-corrected chi connectivity index (χ4v) is 4.61. The summed E-state index contributed by atoms with van der Waals surface area (Å²) >= 11 is 0. The zero-order chi connectivity index (χ0) is 23.2. The molecule has 0 radical (unpaired) electrons. The van der Waals surface area contributed by atoms with Gasteiger partial charge in [-0.05, 0) is 31.2 Å². The van der Waals surface area contributed by atoms with Gasteiger partial charge in [0.15, 0.2) is 11.4 Å². The highest BCUT2D eigenvalue weighted by atomic mass is 16.4. The quantitative estimate of drug-likeness (QED) is 0.363. The summed E-state index contributed by atoms with van der Waals surface area (Å²) in [4.78, 5) is 27.6. The summed E-state index contributed by atoms with van der Waals surface area (Å²) in [5.41, 5.74) is 3.47. The molecule has 5 heterocycles. The van der Waals surface area contributed by atoms with E-state index < -0.39 is 12.0 Å². The molecule has 3 N–H and O–H groups in total. The van der Waals surface area contributed by atoms with Crippen LogP contribution in [0.3, 0.4) is 0 Å². The molecule has 0 aliphatic carbocycles. The first kappa shape index (κ1) is 20.2. The predicted octanol–water partition coefficient (Wildman–Crippen LogP) is 3.61. The number of aromatic amines is 1. The number of fused-ring (bicyclic) bond motifs is 3. The van der Waals surface area contributed by atoms with Gasteiger partial charge < -0.3 is 19.7 Å². The first-order valence-electron chi connectivity index (χ1n) is 10.9. The van der Waals surface area contributed by atoms with Gasteiger partial charge in [0.2, 0.25) is 0 Å². The highest BCUT2D eigenvalue weighted by Crippen LogP contribution is 2.36. The van der Waals surface area contributed by atoms with Crippen molar-refractivity contribution in [1.82, 2.24) is 25.1 Å². The minimum absolute atomic E-state index is 0.168. The third kappa shape index (κ3) is 3.31. The van der Waals surface area contributed by atoms with Crippen molar-refractivity contribution >= 4 is 39.7 Å². The Bertz CT molecular complexity index is 1510. The number of aromatic nitrogens is 5. The van der Waals surface area contributed by atoms with Crippen molar-refractivity contribution in [2.75, 3.05) is 16.8 Å². The normalized spacial score (nSPS) is 18.1. The van der Waals surface area contributed by atoms with E-state index in [0.717, 1.165) is 16.6 Å². The van der Waals surface area contributed by atoms with Gasteiger partial charge in [0.25, 0.3) is 0 Å². The molecular formula is C24H21N7O3. The maximum Gasteiger partial charge on any atom is 0.326 e. The van der Waals surface area contributed by atoms with E-state index in [9.17, 15) is 9.90 Å². The Morgan fingerprint density at radius 1 is 1.21 bits per heavy atom. The first-order chi connectivity index (χ1) is 16.6. The number of benzene rings is 1. The third-order valence-electron chi connectivity index (χ3n) is 6.10.